The van der Waals surface area contributed by atoms with Gasteiger partial charge in [0, 0.05) is 0 Å². The fraction of sp³-hybridized carbons (Fsp3) is 0.296. The summed E-state index contributed by atoms with van der Waals surface area (Å²) in [6.45, 7) is 9.41. The van der Waals surface area contributed by atoms with Gasteiger partial charge in [-0.05, 0) is 80.6 Å². The fourth-order valence-electron chi connectivity index (χ4n) is 3.79. The van der Waals surface area contributed by atoms with Gasteiger partial charge in [0.2, 0.25) is 5.91 Å². The van der Waals surface area contributed by atoms with Gasteiger partial charge in [-0.25, -0.2) is 8.42 Å². The molecule has 174 valence electrons. The number of hydrogen-bond acceptors (Lipinski definition) is 3. The smallest absolute Gasteiger partial charge is 0.264 e. The molecule has 3 aromatic rings. The first-order valence-electron chi connectivity index (χ1n) is 11.2. The van der Waals surface area contributed by atoms with E-state index in [1.807, 2.05) is 58.0 Å². The minimum Gasteiger partial charge on any atom is -0.348 e. The molecule has 0 heterocycles. The van der Waals surface area contributed by atoms with Crippen molar-refractivity contribution in [2.45, 2.75) is 52.0 Å². The molecule has 0 saturated carbocycles. The molecule has 0 aliphatic heterocycles. The van der Waals surface area contributed by atoms with E-state index in [1.54, 1.807) is 36.4 Å². The molecule has 0 aliphatic rings. The third-order valence-electron chi connectivity index (χ3n) is 5.66. The van der Waals surface area contributed by atoms with Gasteiger partial charge < -0.3 is 5.32 Å². The van der Waals surface area contributed by atoms with Gasteiger partial charge in [-0.3, -0.25) is 9.10 Å². The predicted octanol–water partition coefficient (Wildman–Crippen LogP) is 5.25. The van der Waals surface area contributed by atoms with Crippen molar-refractivity contribution in [2.24, 2.45) is 0 Å². The Morgan fingerprint density at radius 3 is 2.00 bits per heavy atom. The van der Waals surface area contributed by atoms with Crippen LogP contribution in [0.5, 0.6) is 0 Å². The number of hydrogen-bond donors (Lipinski definition) is 1. The van der Waals surface area contributed by atoms with Crippen molar-refractivity contribution in [3.63, 3.8) is 0 Å². The Kier molecular flexibility index (Phi) is 7.59. The van der Waals surface area contributed by atoms with Crippen LogP contribution in [-0.4, -0.2) is 20.9 Å². The van der Waals surface area contributed by atoms with Gasteiger partial charge in [-0.1, -0.05) is 55.0 Å². The van der Waals surface area contributed by atoms with E-state index >= 15 is 0 Å². The van der Waals surface area contributed by atoms with Crippen LogP contribution in [-0.2, 0) is 21.2 Å². The van der Waals surface area contributed by atoms with Gasteiger partial charge in [-0.15, -0.1) is 0 Å². The summed E-state index contributed by atoms with van der Waals surface area (Å²) in [4.78, 5) is 13.2. The molecule has 0 unspecified atom stereocenters. The second-order valence-electron chi connectivity index (χ2n) is 8.55. The lowest BCUT2D eigenvalue weighted by atomic mass is 10.1. The molecule has 1 N–H and O–H groups in total. The number of carbonyl (C=O) groups is 1. The van der Waals surface area contributed by atoms with E-state index < -0.39 is 10.0 Å². The fourth-order valence-corrected chi connectivity index (χ4v) is 5.19. The van der Waals surface area contributed by atoms with Gasteiger partial charge in [-0.2, -0.15) is 0 Å². The number of rotatable bonds is 8. The van der Waals surface area contributed by atoms with Crippen LogP contribution in [0.1, 0.15) is 47.7 Å². The van der Waals surface area contributed by atoms with Gasteiger partial charge in [0.1, 0.15) is 6.54 Å². The minimum absolute atomic E-state index is 0.156. The molecule has 0 aromatic heterocycles. The van der Waals surface area contributed by atoms with Crippen LogP contribution in [0, 0.1) is 20.8 Å². The monoisotopic (exact) mass is 464 g/mol. The number of amides is 1. The molecule has 1 amide bonds. The van der Waals surface area contributed by atoms with E-state index in [9.17, 15) is 13.2 Å². The van der Waals surface area contributed by atoms with Crippen LogP contribution in [0.15, 0.2) is 71.6 Å². The van der Waals surface area contributed by atoms with E-state index in [2.05, 4.69) is 12.2 Å². The maximum Gasteiger partial charge on any atom is 0.264 e. The molecule has 3 aromatic carbocycles. The summed E-state index contributed by atoms with van der Waals surface area (Å²) in [6, 6.07) is 20.1. The summed E-state index contributed by atoms with van der Waals surface area (Å²) in [5, 5.41) is 2.95. The zero-order valence-corrected chi connectivity index (χ0v) is 20.7. The lowest BCUT2D eigenvalue weighted by Gasteiger charge is -2.26. The maximum absolute atomic E-state index is 13.6. The third kappa shape index (κ3) is 6.02. The molecule has 1 atom stereocenters. The molecule has 0 spiro atoms. The normalized spacial score (nSPS) is 12.3. The Hall–Kier alpha value is -3.12. The van der Waals surface area contributed by atoms with Gasteiger partial charge >= 0.3 is 0 Å². The second kappa shape index (κ2) is 10.2. The van der Waals surface area contributed by atoms with Crippen molar-refractivity contribution in [3.8, 4) is 0 Å². The first-order chi connectivity index (χ1) is 15.6. The van der Waals surface area contributed by atoms with Crippen LogP contribution in [0.25, 0.3) is 0 Å². The Morgan fingerprint density at radius 2 is 1.45 bits per heavy atom. The number of nitrogens with one attached hydrogen (secondary N) is 1. The molecule has 0 saturated heterocycles. The predicted molar refractivity (Wildman–Crippen MR) is 134 cm³/mol. The van der Waals surface area contributed by atoms with Gasteiger partial charge in [0.15, 0.2) is 0 Å². The van der Waals surface area contributed by atoms with E-state index in [0.29, 0.717) is 5.69 Å². The van der Waals surface area contributed by atoms with Crippen LogP contribution in [0.3, 0.4) is 0 Å². The van der Waals surface area contributed by atoms with Crippen molar-refractivity contribution in [3.05, 3.63) is 94.5 Å². The number of nitrogens with zero attached hydrogens (tertiary/aromatic N) is 1. The van der Waals surface area contributed by atoms with Crippen LogP contribution in [0.4, 0.5) is 5.69 Å². The summed E-state index contributed by atoms with van der Waals surface area (Å²) in [5.74, 6) is -0.364. The average Bonchev–Trinajstić information content (AvgIpc) is 2.77. The highest BCUT2D eigenvalue weighted by Gasteiger charge is 2.28. The van der Waals surface area contributed by atoms with E-state index in [1.165, 1.54) is 9.87 Å². The lowest BCUT2D eigenvalue weighted by Crippen LogP contribution is -2.41. The first kappa shape index (κ1) is 24.5. The van der Waals surface area contributed by atoms with Crippen molar-refractivity contribution in [1.29, 1.82) is 0 Å². The Labute approximate surface area is 197 Å². The molecule has 0 radical (unpaired) electrons. The van der Waals surface area contributed by atoms with E-state index in [-0.39, 0.29) is 23.4 Å². The number of anilines is 1. The maximum atomic E-state index is 13.6. The SMILES string of the molecule is CCc1ccc([C@H](C)NC(=O)CN(c2cc(C)cc(C)c2)S(=O)(=O)c2ccc(C)cc2)cc1. The highest BCUT2D eigenvalue weighted by Crippen LogP contribution is 2.26. The Morgan fingerprint density at radius 1 is 0.879 bits per heavy atom. The Balaban J connectivity index is 1.90. The highest BCUT2D eigenvalue weighted by molar-refractivity contribution is 7.92. The summed E-state index contributed by atoms with van der Waals surface area (Å²) in [7, 11) is -3.94. The van der Waals surface area contributed by atoms with Crippen molar-refractivity contribution >= 4 is 21.6 Å². The van der Waals surface area contributed by atoms with E-state index in [4.69, 9.17) is 0 Å². The number of aryl methyl sites for hydroxylation is 4. The topological polar surface area (TPSA) is 66.5 Å². The Bertz CT molecular complexity index is 1200. The average molecular weight is 465 g/mol. The number of benzene rings is 3. The zero-order chi connectivity index (χ0) is 24.2. The lowest BCUT2D eigenvalue weighted by molar-refractivity contribution is -0.120. The van der Waals surface area contributed by atoms with Crippen LogP contribution in [0.2, 0.25) is 0 Å². The minimum atomic E-state index is -3.94. The zero-order valence-electron chi connectivity index (χ0n) is 19.9. The number of carbonyl (C=O) groups excluding carboxylic acids is 1. The molecular formula is C27H32N2O3S. The third-order valence-corrected chi connectivity index (χ3v) is 7.44. The van der Waals surface area contributed by atoms with Crippen LogP contribution < -0.4 is 9.62 Å². The molecule has 0 fully saturated rings. The molecule has 3 rings (SSSR count). The van der Waals surface area contributed by atoms with Crippen LogP contribution >= 0.6 is 0 Å². The summed E-state index contributed by atoms with van der Waals surface area (Å²) in [6.07, 6.45) is 0.947. The summed E-state index contributed by atoms with van der Waals surface area (Å²) < 4.78 is 28.3. The van der Waals surface area contributed by atoms with Crippen molar-refractivity contribution in [1.82, 2.24) is 5.32 Å². The molecular weight excluding hydrogens is 432 g/mol. The molecule has 33 heavy (non-hydrogen) atoms. The summed E-state index contributed by atoms with van der Waals surface area (Å²) in [5.41, 5.74) is 5.50. The quantitative estimate of drug-likeness (QED) is 0.495. The van der Waals surface area contributed by atoms with Gasteiger partial charge in [0.25, 0.3) is 10.0 Å². The van der Waals surface area contributed by atoms with Gasteiger partial charge in [0.05, 0.1) is 16.6 Å². The second-order valence-corrected chi connectivity index (χ2v) is 10.4. The van der Waals surface area contributed by atoms with Crippen molar-refractivity contribution < 1.29 is 13.2 Å². The van der Waals surface area contributed by atoms with E-state index in [0.717, 1.165) is 28.7 Å². The number of sulfonamides is 1. The standard InChI is InChI=1S/C27H32N2O3S/c1-6-23-9-11-24(12-10-23)22(5)28-27(30)18-29(25-16-20(3)15-21(4)17-25)33(31,32)26-13-7-19(2)8-14-26/h7-17,22H,6,18H2,1-5H3,(H,28,30)/t22-/m0/s1. The molecule has 6 heteroatoms. The highest BCUT2D eigenvalue weighted by atomic mass is 32.2. The largest absolute Gasteiger partial charge is 0.348 e. The summed E-state index contributed by atoms with van der Waals surface area (Å²) >= 11 is 0. The molecule has 0 bridgehead atoms. The molecule has 0 aliphatic carbocycles. The first-order valence-corrected chi connectivity index (χ1v) is 12.6. The molecule has 5 nitrogen and oxygen atoms in total. The van der Waals surface area contributed by atoms with Crippen molar-refractivity contribution in [2.75, 3.05) is 10.8 Å².